The van der Waals surface area contributed by atoms with Gasteiger partial charge >= 0.3 is 0 Å². The summed E-state index contributed by atoms with van der Waals surface area (Å²) in [6.45, 7) is 13.2. The lowest BCUT2D eigenvalue weighted by Crippen LogP contribution is -2.53. The van der Waals surface area contributed by atoms with Crippen LogP contribution >= 0.6 is 11.3 Å². The third kappa shape index (κ3) is 3.34. The van der Waals surface area contributed by atoms with Crippen LogP contribution in [0.15, 0.2) is 29.3 Å². The molecule has 0 aliphatic carbocycles. The van der Waals surface area contributed by atoms with Gasteiger partial charge in [-0.2, -0.15) is 0 Å². The normalized spacial score (nSPS) is 24.5. The average molecular weight is 463 g/mol. The highest BCUT2D eigenvalue weighted by molar-refractivity contribution is 7.15. The van der Waals surface area contributed by atoms with Gasteiger partial charge in [0.05, 0.1) is 17.9 Å². The number of fused-ring (bicyclic) bond motifs is 3. The summed E-state index contributed by atoms with van der Waals surface area (Å²) >= 11 is 1.80. The number of hydrogen-bond acceptors (Lipinski definition) is 7. The molecule has 2 saturated heterocycles. The first-order chi connectivity index (χ1) is 16.0. The van der Waals surface area contributed by atoms with Gasteiger partial charge in [-0.15, -0.1) is 21.5 Å². The molecule has 33 heavy (non-hydrogen) atoms. The van der Waals surface area contributed by atoms with Gasteiger partial charge in [-0.05, 0) is 58.4 Å². The summed E-state index contributed by atoms with van der Waals surface area (Å²) in [5.41, 5.74) is 5.91. The summed E-state index contributed by atoms with van der Waals surface area (Å²) in [7, 11) is 0. The predicted octanol–water partition coefficient (Wildman–Crippen LogP) is 3.73. The van der Waals surface area contributed by atoms with Crippen molar-refractivity contribution in [3.05, 3.63) is 57.5 Å². The molecule has 2 atom stereocenters. The number of aromatic nitrogens is 3. The zero-order valence-electron chi connectivity index (χ0n) is 19.7. The Morgan fingerprint density at radius 2 is 1.97 bits per heavy atom. The first kappa shape index (κ1) is 21.0. The zero-order chi connectivity index (χ0) is 22.7. The van der Waals surface area contributed by atoms with E-state index >= 15 is 0 Å². The minimum atomic E-state index is -0.0610. The topological polar surface area (TPSA) is 67.6 Å². The van der Waals surface area contributed by atoms with E-state index in [9.17, 15) is 0 Å². The number of rotatable bonds is 2. The largest absolute Gasteiger partial charge is 0.370 e. The van der Waals surface area contributed by atoms with Crippen LogP contribution in [0.4, 0.5) is 5.69 Å². The van der Waals surface area contributed by atoms with Crippen LogP contribution in [0.3, 0.4) is 0 Å². The van der Waals surface area contributed by atoms with Crippen molar-refractivity contribution in [2.75, 3.05) is 37.7 Å². The van der Waals surface area contributed by atoms with Crippen LogP contribution in [-0.4, -0.2) is 58.9 Å². The highest BCUT2D eigenvalue weighted by Crippen LogP contribution is 2.39. The van der Waals surface area contributed by atoms with Gasteiger partial charge in [-0.25, -0.2) is 0 Å². The second-order valence-corrected chi connectivity index (χ2v) is 10.7. The van der Waals surface area contributed by atoms with Crippen molar-refractivity contribution in [2.45, 2.75) is 45.8 Å². The number of aliphatic imine (C=N–C) groups is 1. The van der Waals surface area contributed by atoms with Crippen molar-refractivity contribution < 1.29 is 4.74 Å². The van der Waals surface area contributed by atoms with Crippen LogP contribution in [0.5, 0.6) is 0 Å². The minimum Gasteiger partial charge on any atom is -0.370 e. The smallest absolute Gasteiger partial charge is 0.162 e. The van der Waals surface area contributed by atoms with Gasteiger partial charge in [0.2, 0.25) is 0 Å². The van der Waals surface area contributed by atoms with Gasteiger partial charge in [0, 0.05) is 41.3 Å². The molecule has 1 unspecified atom stereocenters. The average Bonchev–Trinajstić information content (AvgIpc) is 3.48. The van der Waals surface area contributed by atoms with E-state index in [2.05, 4.69) is 70.0 Å². The second kappa shape index (κ2) is 7.75. The minimum absolute atomic E-state index is 0.0374. The van der Waals surface area contributed by atoms with Gasteiger partial charge in [-0.1, -0.05) is 12.1 Å². The lowest BCUT2D eigenvalue weighted by atomic mass is 9.98. The van der Waals surface area contributed by atoms with Crippen molar-refractivity contribution in [3.63, 3.8) is 0 Å². The second-order valence-electron chi connectivity index (χ2n) is 9.48. The molecule has 172 valence electrons. The van der Waals surface area contributed by atoms with E-state index in [1.807, 2.05) is 6.92 Å². The third-order valence-corrected chi connectivity index (χ3v) is 8.50. The summed E-state index contributed by atoms with van der Waals surface area (Å²) < 4.78 is 8.37. The summed E-state index contributed by atoms with van der Waals surface area (Å²) in [6, 6.07) is 8.88. The number of nitrogens with one attached hydrogen (secondary N) is 1. The Kier molecular flexibility index (Phi) is 4.94. The fourth-order valence-electron chi connectivity index (χ4n) is 5.35. The molecule has 0 radical (unpaired) electrons. The maximum atomic E-state index is 6.17. The number of benzene rings is 1. The lowest BCUT2D eigenvalue weighted by Gasteiger charge is -2.41. The lowest BCUT2D eigenvalue weighted by molar-refractivity contribution is -0.0403. The van der Waals surface area contributed by atoms with Crippen LogP contribution in [0, 0.1) is 20.8 Å². The number of ether oxygens (including phenoxy) is 1. The number of hydrogen-bond donors (Lipinski definition) is 1. The van der Waals surface area contributed by atoms with E-state index in [-0.39, 0.29) is 11.6 Å². The molecule has 5 heterocycles. The van der Waals surface area contributed by atoms with E-state index < -0.39 is 0 Å². The van der Waals surface area contributed by atoms with Crippen LogP contribution < -0.4 is 10.2 Å². The third-order valence-electron chi connectivity index (χ3n) is 7.31. The van der Waals surface area contributed by atoms with Gasteiger partial charge in [0.15, 0.2) is 5.82 Å². The summed E-state index contributed by atoms with van der Waals surface area (Å²) in [4.78, 5) is 8.95. The van der Waals surface area contributed by atoms with Gasteiger partial charge in [0.25, 0.3) is 0 Å². The van der Waals surface area contributed by atoms with Gasteiger partial charge in [-0.3, -0.25) is 9.56 Å². The molecule has 2 fully saturated rings. The van der Waals surface area contributed by atoms with Crippen molar-refractivity contribution >= 4 is 22.7 Å². The fraction of sp³-hybridized carbons (Fsp3) is 0.480. The number of nitrogens with zero attached hydrogens (tertiary/aromatic N) is 5. The quantitative estimate of drug-likeness (QED) is 0.629. The van der Waals surface area contributed by atoms with E-state index in [0.29, 0.717) is 0 Å². The van der Waals surface area contributed by atoms with E-state index in [1.165, 1.54) is 26.7 Å². The van der Waals surface area contributed by atoms with E-state index in [4.69, 9.17) is 9.73 Å². The Balaban J connectivity index is 1.38. The zero-order valence-corrected chi connectivity index (χ0v) is 20.5. The SMILES string of the molecule is Cc1sc2c(c1C)C(c1ccc(N3CCOC4(CCNC4)C3)cc1)=N[C@@H](C)c1nnc(C)n1-2. The Labute approximate surface area is 198 Å². The first-order valence-electron chi connectivity index (χ1n) is 11.8. The van der Waals surface area contributed by atoms with Gasteiger partial charge < -0.3 is 15.0 Å². The molecule has 0 amide bonds. The Bertz CT molecular complexity index is 1230. The molecule has 3 aromatic rings. The van der Waals surface area contributed by atoms with Crippen molar-refractivity contribution in [1.29, 1.82) is 0 Å². The Hall–Kier alpha value is -2.55. The monoisotopic (exact) mass is 462 g/mol. The molecular weight excluding hydrogens is 432 g/mol. The molecule has 1 N–H and O–H groups in total. The number of aryl methyl sites for hydroxylation is 2. The van der Waals surface area contributed by atoms with Crippen LogP contribution in [0.2, 0.25) is 0 Å². The number of thiophene rings is 1. The molecule has 7 nitrogen and oxygen atoms in total. The van der Waals surface area contributed by atoms with Crippen LogP contribution in [0.1, 0.15) is 52.6 Å². The Morgan fingerprint density at radius 1 is 1.15 bits per heavy atom. The molecular formula is C25H30N6OS. The van der Waals surface area contributed by atoms with Crippen LogP contribution in [-0.2, 0) is 4.74 Å². The summed E-state index contributed by atoms with van der Waals surface area (Å²) in [6.07, 6.45) is 1.08. The molecule has 3 aliphatic heterocycles. The summed E-state index contributed by atoms with van der Waals surface area (Å²) in [5, 5.41) is 13.5. The maximum Gasteiger partial charge on any atom is 0.162 e. The highest BCUT2D eigenvalue weighted by atomic mass is 32.1. The fourth-order valence-corrected chi connectivity index (χ4v) is 6.57. The van der Waals surface area contributed by atoms with Crippen molar-refractivity contribution in [3.8, 4) is 5.00 Å². The van der Waals surface area contributed by atoms with E-state index in [1.54, 1.807) is 11.3 Å². The molecule has 0 saturated carbocycles. The maximum absolute atomic E-state index is 6.17. The molecule has 8 heteroatoms. The number of anilines is 1. The molecule has 2 aromatic heterocycles. The van der Waals surface area contributed by atoms with Crippen molar-refractivity contribution in [1.82, 2.24) is 20.1 Å². The van der Waals surface area contributed by atoms with Gasteiger partial charge in [0.1, 0.15) is 16.9 Å². The number of morpholine rings is 1. The molecule has 0 bridgehead atoms. The first-order valence-corrected chi connectivity index (χ1v) is 12.6. The molecule has 1 aromatic carbocycles. The Morgan fingerprint density at radius 3 is 2.73 bits per heavy atom. The van der Waals surface area contributed by atoms with E-state index in [0.717, 1.165) is 62.1 Å². The van der Waals surface area contributed by atoms with Crippen molar-refractivity contribution in [2.24, 2.45) is 4.99 Å². The highest BCUT2D eigenvalue weighted by Gasteiger charge is 2.39. The standard InChI is InChI=1S/C25H30N6OS/c1-15-17(3)33-24-21(15)22(27-16(2)23-29-28-18(4)31(23)24)19-5-7-20(8-6-19)30-11-12-32-25(14-30)9-10-26-13-25/h5-8,16,26H,9-14H2,1-4H3/t16-,25?/m0/s1. The molecule has 1 spiro atoms. The molecule has 3 aliphatic rings. The summed E-state index contributed by atoms with van der Waals surface area (Å²) in [5.74, 6) is 1.82. The molecule has 6 rings (SSSR count). The van der Waals surface area contributed by atoms with Crippen LogP contribution in [0.25, 0.3) is 5.00 Å². The predicted molar refractivity (Wildman–Crippen MR) is 132 cm³/mol.